The lowest BCUT2D eigenvalue weighted by atomic mass is 9.96. The SMILES string of the molecule is CCCN1CCC(CNC(=O)c2ccccc2C)CC1. The summed E-state index contributed by atoms with van der Waals surface area (Å²) >= 11 is 0. The molecule has 0 atom stereocenters. The first-order chi connectivity index (χ1) is 9.70. The van der Waals surface area contributed by atoms with E-state index in [9.17, 15) is 4.79 Å². The summed E-state index contributed by atoms with van der Waals surface area (Å²) in [5.74, 6) is 0.704. The number of carbonyl (C=O) groups is 1. The van der Waals surface area contributed by atoms with Gasteiger partial charge in [-0.2, -0.15) is 0 Å². The minimum absolute atomic E-state index is 0.0686. The van der Waals surface area contributed by atoms with E-state index in [1.54, 1.807) is 0 Å². The number of likely N-dealkylation sites (tertiary alicyclic amines) is 1. The molecule has 3 heteroatoms. The van der Waals surface area contributed by atoms with Gasteiger partial charge in [-0.3, -0.25) is 4.79 Å². The maximum absolute atomic E-state index is 12.2. The van der Waals surface area contributed by atoms with Gasteiger partial charge in [-0.25, -0.2) is 0 Å². The molecule has 1 heterocycles. The molecule has 1 aromatic carbocycles. The Morgan fingerprint density at radius 3 is 2.65 bits per heavy atom. The van der Waals surface area contributed by atoms with Crippen LogP contribution in [0.15, 0.2) is 24.3 Å². The van der Waals surface area contributed by atoms with Crippen LogP contribution in [0.3, 0.4) is 0 Å². The van der Waals surface area contributed by atoms with Crippen LogP contribution in [0.25, 0.3) is 0 Å². The van der Waals surface area contributed by atoms with Crippen LogP contribution >= 0.6 is 0 Å². The third-order valence-electron chi connectivity index (χ3n) is 4.19. The first-order valence-corrected chi connectivity index (χ1v) is 7.77. The Bertz CT molecular complexity index is 436. The maximum Gasteiger partial charge on any atom is 0.251 e. The summed E-state index contributed by atoms with van der Waals surface area (Å²) in [7, 11) is 0. The topological polar surface area (TPSA) is 32.3 Å². The fourth-order valence-electron chi connectivity index (χ4n) is 2.89. The lowest BCUT2D eigenvalue weighted by molar-refractivity contribution is 0.0935. The van der Waals surface area contributed by atoms with Crippen molar-refractivity contribution in [1.29, 1.82) is 0 Å². The van der Waals surface area contributed by atoms with Gasteiger partial charge < -0.3 is 10.2 Å². The molecule has 0 unspecified atom stereocenters. The summed E-state index contributed by atoms with van der Waals surface area (Å²) in [6.45, 7) is 8.60. The maximum atomic E-state index is 12.2. The molecule has 1 fully saturated rings. The monoisotopic (exact) mass is 274 g/mol. The Morgan fingerprint density at radius 2 is 2.00 bits per heavy atom. The van der Waals surface area contributed by atoms with E-state index in [1.807, 2.05) is 31.2 Å². The van der Waals surface area contributed by atoms with Gasteiger partial charge in [-0.15, -0.1) is 0 Å². The van der Waals surface area contributed by atoms with Gasteiger partial charge in [0, 0.05) is 12.1 Å². The average molecular weight is 274 g/mol. The predicted octanol–water partition coefficient (Wildman–Crippen LogP) is 2.85. The van der Waals surface area contributed by atoms with Crippen LogP contribution in [0.4, 0.5) is 0 Å². The van der Waals surface area contributed by atoms with E-state index in [0.29, 0.717) is 5.92 Å². The normalized spacial score (nSPS) is 17.1. The zero-order valence-corrected chi connectivity index (χ0v) is 12.7. The van der Waals surface area contributed by atoms with Gasteiger partial charge in [0.25, 0.3) is 5.91 Å². The van der Waals surface area contributed by atoms with Gasteiger partial charge in [-0.05, 0) is 63.4 Å². The number of rotatable bonds is 5. The summed E-state index contributed by atoms with van der Waals surface area (Å²) in [5, 5.41) is 3.10. The van der Waals surface area contributed by atoms with Crippen molar-refractivity contribution in [3.63, 3.8) is 0 Å². The fraction of sp³-hybridized carbons (Fsp3) is 0.588. The molecule has 20 heavy (non-hydrogen) atoms. The number of nitrogens with one attached hydrogen (secondary N) is 1. The number of nitrogens with zero attached hydrogens (tertiary/aromatic N) is 1. The molecule has 1 N–H and O–H groups in total. The number of hydrogen-bond acceptors (Lipinski definition) is 2. The second-order valence-electron chi connectivity index (χ2n) is 5.81. The Kier molecular flexibility index (Phi) is 5.60. The van der Waals surface area contributed by atoms with Gasteiger partial charge in [0.05, 0.1) is 0 Å². The third kappa shape index (κ3) is 4.07. The van der Waals surface area contributed by atoms with Gasteiger partial charge in [0.2, 0.25) is 0 Å². The molecule has 1 aliphatic heterocycles. The predicted molar refractivity (Wildman–Crippen MR) is 83.0 cm³/mol. The fourth-order valence-corrected chi connectivity index (χ4v) is 2.89. The van der Waals surface area contributed by atoms with Crippen LogP contribution in [-0.2, 0) is 0 Å². The minimum atomic E-state index is 0.0686. The largest absolute Gasteiger partial charge is 0.352 e. The summed E-state index contributed by atoms with van der Waals surface area (Å²) in [6.07, 6.45) is 3.64. The number of amides is 1. The van der Waals surface area contributed by atoms with E-state index in [2.05, 4.69) is 17.1 Å². The molecule has 0 bridgehead atoms. The molecule has 1 aromatic rings. The van der Waals surface area contributed by atoms with Gasteiger partial charge in [0.1, 0.15) is 0 Å². The molecule has 0 saturated carbocycles. The highest BCUT2D eigenvalue weighted by molar-refractivity contribution is 5.95. The summed E-state index contributed by atoms with van der Waals surface area (Å²) < 4.78 is 0. The highest BCUT2D eigenvalue weighted by Gasteiger charge is 2.19. The molecule has 0 aromatic heterocycles. The second-order valence-corrected chi connectivity index (χ2v) is 5.81. The molecule has 0 aliphatic carbocycles. The van der Waals surface area contributed by atoms with E-state index >= 15 is 0 Å². The molecular weight excluding hydrogens is 248 g/mol. The van der Waals surface area contributed by atoms with Gasteiger partial charge in [-0.1, -0.05) is 25.1 Å². The molecule has 1 saturated heterocycles. The summed E-state index contributed by atoms with van der Waals surface area (Å²) in [5.41, 5.74) is 1.85. The number of hydrogen-bond donors (Lipinski definition) is 1. The van der Waals surface area contributed by atoms with E-state index in [0.717, 1.165) is 17.7 Å². The van der Waals surface area contributed by atoms with Gasteiger partial charge >= 0.3 is 0 Å². The molecule has 0 radical (unpaired) electrons. The third-order valence-corrected chi connectivity index (χ3v) is 4.19. The quantitative estimate of drug-likeness (QED) is 0.895. The lowest BCUT2D eigenvalue weighted by Gasteiger charge is -2.31. The highest BCUT2D eigenvalue weighted by atomic mass is 16.1. The number of aryl methyl sites for hydroxylation is 1. The molecule has 2 rings (SSSR count). The van der Waals surface area contributed by atoms with Crippen molar-refractivity contribution < 1.29 is 4.79 Å². The molecule has 1 amide bonds. The van der Waals surface area contributed by atoms with Crippen molar-refractivity contribution in [1.82, 2.24) is 10.2 Å². The molecule has 3 nitrogen and oxygen atoms in total. The Balaban J connectivity index is 1.76. The zero-order valence-electron chi connectivity index (χ0n) is 12.7. The van der Waals surface area contributed by atoms with Crippen LogP contribution in [0.5, 0.6) is 0 Å². The van der Waals surface area contributed by atoms with Crippen molar-refractivity contribution in [3.8, 4) is 0 Å². The first kappa shape index (κ1) is 15.0. The van der Waals surface area contributed by atoms with Crippen LogP contribution < -0.4 is 5.32 Å². The van der Waals surface area contributed by atoms with Crippen LogP contribution in [0.1, 0.15) is 42.1 Å². The Labute approximate surface area is 122 Å². The lowest BCUT2D eigenvalue weighted by Crippen LogP contribution is -2.39. The molecular formula is C17H26N2O. The number of carbonyl (C=O) groups excluding carboxylic acids is 1. The first-order valence-electron chi connectivity index (χ1n) is 7.77. The van der Waals surface area contributed by atoms with Crippen LogP contribution in [0.2, 0.25) is 0 Å². The molecule has 1 aliphatic rings. The number of benzene rings is 1. The van der Waals surface area contributed by atoms with Crippen molar-refractivity contribution in [2.45, 2.75) is 33.1 Å². The average Bonchev–Trinajstić information content (AvgIpc) is 2.47. The van der Waals surface area contributed by atoms with Crippen molar-refractivity contribution in [2.24, 2.45) is 5.92 Å². The number of piperidine rings is 1. The summed E-state index contributed by atoms with van der Waals surface area (Å²) in [4.78, 5) is 14.7. The summed E-state index contributed by atoms with van der Waals surface area (Å²) in [6, 6.07) is 7.77. The van der Waals surface area contributed by atoms with Crippen molar-refractivity contribution >= 4 is 5.91 Å². The Morgan fingerprint density at radius 1 is 1.30 bits per heavy atom. The van der Waals surface area contributed by atoms with Crippen LogP contribution in [0, 0.1) is 12.8 Å². The van der Waals surface area contributed by atoms with E-state index in [-0.39, 0.29) is 5.91 Å². The minimum Gasteiger partial charge on any atom is -0.352 e. The van der Waals surface area contributed by atoms with E-state index in [4.69, 9.17) is 0 Å². The van der Waals surface area contributed by atoms with Gasteiger partial charge in [0.15, 0.2) is 0 Å². The van der Waals surface area contributed by atoms with E-state index < -0.39 is 0 Å². The molecule has 110 valence electrons. The van der Waals surface area contributed by atoms with Crippen molar-refractivity contribution in [3.05, 3.63) is 35.4 Å². The standard InChI is InChI=1S/C17H26N2O/c1-3-10-19-11-8-15(9-12-19)13-18-17(20)16-7-5-4-6-14(16)2/h4-7,15H,3,8-13H2,1-2H3,(H,18,20). The zero-order chi connectivity index (χ0) is 14.4. The highest BCUT2D eigenvalue weighted by Crippen LogP contribution is 2.16. The molecule has 0 spiro atoms. The Hall–Kier alpha value is -1.35. The van der Waals surface area contributed by atoms with E-state index in [1.165, 1.54) is 38.9 Å². The smallest absolute Gasteiger partial charge is 0.251 e. The van der Waals surface area contributed by atoms with Crippen LogP contribution in [-0.4, -0.2) is 37.0 Å². The van der Waals surface area contributed by atoms with Crippen molar-refractivity contribution in [2.75, 3.05) is 26.2 Å². The second kappa shape index (κ2) is 7.44.